The number of piperazine rings is 1. The van der Waals surface area contributed by atoms with E-state index >= 15 is 0 Å². The van der Waals surface area contributed by atoms with Gasteiger partial charge in [-0.2, -0.15) is 4.31 Å². The van der Waals surface area contributed by atoms with Crippen LogP contribution in [0.1, 0.15) is 19.3 Å². The van der Waals surface area contributed by atoms with Gasteiger partial charge in [0.1, 0.15) is 0 Å². The van der Waals surface area contributed by atoms with E-state index < -0.39 is 10.0 Å². The number of carbonyl (C=O) groups is 1. The molecule has 6 nitrogen and oxygen atoms in total. The smallest absolute Gasteiger partial charge is 0.239 e. The zero-order chi connectivity index (χ0) is 13.2. The molecule has 2 saturated heterocycles. The molecule has 1 atom stereocenters. The van der Waals surface area contributed by atoms with E-state index in [0.29, 0.717) is 26.2 Å². The Morgan fingerprint density at radius 1 is 1.16 bits per heavy atom. The molecule has 0 aliphatic carbocycles. The molecule has 19 heavy (non-hydrogen) atoms. The second kappa shape index (κ2) is 6.88. The van der Waals surface area contributed by atoms with Gasteiger partial charge in [0.25, 0.3) is 0 Å². The van der Waals surface area contributed by atoms with Crippen molar-refractivity contribution in [3.8, 4) is 0 Å². The molecule has 2 heterocycles. The maximum atomic E-state index is 12.2. The molecular formula is C11H22ClN3O3S. The molecule has 2 fully saturated rings. The monoisotopic (exact) mass is 311 g/mol. The molecular weight excluding hydrogens is 290 g/mol. The van der Waals surface area contributed by atoms with Crippen LogP contribution in [0.2, 0.25) is 0 Å². The van der Waals surface area contributed by atoms with E-state index in [4.69, 9.17) is 0 Å². The van der Waals surface area contributed by atoms with Crippen molar-refractivity contribution in [2.24, 2.45) is 0 Å². The van der Waals surface area contributed by atoms with Crippen LogP contribution >= 0.6 is 12.4 Å². The van der Waals surface area contributed by atoms with Crippen LogP contribution in [-0.4, -0.2) is 68.6 Å². The van der Waals surface area contributed by atoms with Gasteiger partial charge in [0, 0.05) is 26.2 Å². The van der Waals surface area contributed by atoms with Crippen LogP contribution in [0.15, 0.2) is 0 Å². The molecule has 2 aliphatic rings. The lowest BCUT2D eigenvalue weighted by atomic mass is 10.0. The summed E-state index contributed by atoms with van der Waals surface area (Å²) in [6.07, 6.45) is 4.33. The number of sulfonamides is 1. The summed E-state index contributed by atoms with van der Waals surface area (Å²) in [6.45, 7) is 2.74. The van der Waals surface area contributed by atoms with Crippen LogP contribution in [0.25, 0.3) is 0 Å². The predicted molar refractivity (Wildman–Crippen MR) is 75.9 cm³/mol. The molecule has 112 valence electrons. The zero-order valence-corrected chi connectivity index (χ0v) is 12.8. The maximum absolute atomic E-state index is 12.2. The molecule has 0 unspecified atom stereocenters. The second-order valence-electron chi connectivity index (χ2n) is 4.99. The number of amides is 1. The highest BCUT2D eigenvalue weighted by atomic mass is 35.5. The molecule has 8 heteroatoms. The number of carbonyl (C=O) groups excluding carboxylic acids is 1. The number of halogens is 1. The Bertz CT molecular complexity index is 401. The molecule has 1 N–H and O–H groups in total. The first-order valence-corrected chi connectivity index (χ1v) is 8.30. The third kappa shape index (κ3) is 4.30. The van der Waals surface area contributed by atoms with Gasteiger partial charge < -0.3 is 10.2 Å². The van der Waals surface area contributed by atoms with Crippen molar-refractivity contribution in [1.82, 2.24) is 14.5 Å². The third-order valence-corrected chi connectivity index (χ3v) is 4.93. The van der Waals surface area contributed by atoms with Crippen molar-refractivity contribution in [3.05, 3.63) is 0 Å². The molecule has 0 aromatic rings. The van der Waals surface area contributed by atoms with Crippen molar-refractivity contribution < 1.29 is 13.2 Å². The van der Waals surface area contributed by atoms with E-state index in [-0.39, 0.29) is 24.4 Å². The van der Waals surface area contributed by atoms with Gasteiger partial charge in [-0.3, -0.25) is 4.79 Å². The van der Waals surface area contributed by atoms with Crippen molar-refractivity contribution in [2.45, 2.75) is 25.3 Å². The highest BCUT2D eigenvalue weighted by Crippen LogP contribution is 2.12. The van der Waals surface area contributed by atoms with Gasteiger partial charge >= 0.3 is 0 Å². The van der Waals surface area contributed by atoms with Gasteiger partial charge in [-0.05, 0) is 19.4 Å². The van der Waals surface area contributed by atoms with E-state index in [2.05, 4.69) is 5.32 Å². The summed E-state index contributed by atoms with van der Waals surface area (Å²) in [5.74, 6) is 0.128. The average Bonchev–Trinajstić information content (AvgIpc) is 2.38. The van der Waals surface area contributed by atoms with E-state index in [1.54, 1.807) is 4.90 Å². The topological polar surface area (TPSA) is 69.7 Å². The van der Waals surface area contributed by atoms with Crippen LogP contribution in [0.3, 0.4) is 0 Å². The number of rotatable bonds is 2. The second-order valence-corrected chi connectivity index (χ2v) is 6.97. The Morgan fingerprint density at radius 2 is 1.79 bits per heavy atom. The number of hydrogen-bond donors (Lipinski definition) is 1. The summed E-state index contributed by atoms with van der Waals surface area (Å²) >= 11 is 0. The van der Waals surface area contributed by atoms with Gasteiger partial charge in [-0.1, -0.05) is 6.42 Å². The first kappa shape index (κ1) is 16.7. The van der Waals surface area contributed by atoms with Crippen LogP contribution in [0, 0.1) is 0 Å². The first-order chi connectivity index (χ1) is 8.48. The standard InChI is InChI=1S/C11H21N3O3S.ClH/c1-18(16,17)14-8-6-13(7-9-14)11(15)10-4-2-3-5-12-10;/h10,12H,2-9H2,1H3;1H/t10-;/m1./s1. The normalized spacial score (nSPS) is 25.7. The summed E-state index contributed by atoms with van der Waals surface area (Å²) in [4.78, 5) is 14.0. The van der Waals surface area contributed by atoms with Crippen LogP contribution < -0.4 is 5.32 Å². The first-order valence-electron chi connectivity index (χ1n) is 6.46. The van der Waals surface area contributed by atoms with Crippen molar-refractivity contribution in [3.63, 3.8) is 0 Å². The molecule has 0 saturated carbocycles. The molecule has 1 amide bonds. The summed E-state index contributed by atoms with van der Waals surface area (Å²) in [5, 5.41) is 3.23. The Morgan fingerprint density at radius 3 is 2.26 bits per heavy atom. The van der Waals surface area contributed by atoms with Crippen LogP contribution in [-0.2, 0) is 14.8 Å². The Labute approximate surface area is 121 Å². The maximum Gasteiger partial charge on any atom is 0.239 e. The molecule has 0 spiro atoms. The zero-order valence-electron chi connectivity index (χ0n) is 11.2. The fourth-order valence-electron chi connectivity index (χ4n) is 2.52. The van der Waals surface area contributed by atoms with Gasteiger partial charge in [0.2, 0.25) is 15.9 Å². The SMILES string of the molecule is CS(=O)(=O)N1CCN(C(=O)[C@H]2CCCCN2)CC1.Cl. The highest BCUT2D eigenvalue weighted by molar-refractivity contribution is 7.88. The van der Waals surface area contributed by atoms with Crippen LogP contribution in [0.4, 0.5) is 0 Å². The minimum absolute atomic E-state index is 0. The van der Waals surface area contributed by atoms with E-state index in [1.165, 1.54) is 10.6 Å². The third-order valence-electron chi connectivity index (χ3n) is 3.63. The van der Waals surface area contributed by atoms with Crippen molar-refractivity contribution >= 4 is 28.3 Å². The molecule has 2 aliphatic heterocycles. The van der Waals surface area contributed by atoms with Gasteiger partial charge in [-0.25, -0.2) is 8.42 Å². The Kier molecular flexibility index (Phi) is 6.04. The summed E-state index contributed by atoms with van der Waals surface area (Å²) < 4.78 is 24.2. The Hall–Kier alpha value is -0.370. The minimum Gasteiger partial charge on any atom is -0.339 e. The van der Waals surface area contributed by atoms with Gasteiger partial charge in [-0.15, -0.1) is 12.4 Å². The fraction of sp³-hybridized carbons (Fsp3) is 0.909. The summed E-state index contributed by atoms with van der Waals surface area (Å²) in [7, 11) is -3.12. The molecule has 0 aromatic heterocycles. The fourth-order valence-corrected chi connectivity index (χ4v) is 3.35. The number of nitrogens with zero attached hydrogens (tertiary/aromatic N) is 2. The largest absolute Gasteiger partial charge is 0.339 e. The minimum atomic E-state index is -3.12. The van der Waals surface area contributed by atoms with Crippen molar-refractivity contribution in [2.75, 3.05) is 39.0 Å². The summed E-state index contributed by atoms with van der Waals surface area (Å²) in [6, 6.07) is -0.0662. The lowest BCUT2D eigenvalue weighted by Crippen LogP contribution is -2.55. The van der Waals surface area contributed by atoms with E-state index in [1.807, 2.05) is 0 Å². The molecule has 0 aromatic carbocycles. The molecule has 2 rings (SSSR count). The van der Waals surface area contributed by atoms with E-state index in [0.717, 1.165) is 25.8 Å². The Balaban J connectivity index is 0.00000180. The summed E-state index contributed by atoms with van der Waals surface area (Å²) in [5.41, 5.74) is 0. The van der Waals surface area contributed by atoms with Gasteiger partial charge in [0.15, 0.2) is 0 Å². The molecule has 0 bridgehead atoms. The predicted octanol–water partition coefficient (Wildman–Crippen LogP) is -0.346. The lowest BCUT2D eigenvalue weighted by Gasteiger charge is -2.36. The van der Waals surface area contributed by atoms with Gasteiger partial charge in [0.05, 0.1) is 12.3 Å². The highest BCUT2D eigenvalue weighted by Gasteiger charge is 2.30. The van der Waals surface area contributed by atoms with Crippen molar-refractivity contribution in [1.29, 1.82) is 0 Å². The average molecular weight is 312 g/mol. The molecule has 0 radical (unpaired) electrons. The van der Waals surface area contributed by atoms with E-state index in [9.17, 15) is 13.2 Å². The number of piperidine rings is 1. The van der Waals surface area contributed by atoms with Crippen LogP contribution in [0.5, 0.6) is 0 Å². The quantitative estimate of drug-likeness (QED) is 0.757. The number of hydrogen-bond acceptors (Lipinski definition) is 4. The number of nitrogens with one attached hydrogen (secondary N) is 1. The lowest BCUT2D eigenvalue weighted by molar-refractivity contribution is -0.135.